The fourth-order valence-corrected chi connectivity index (χ4v) is 5.91. The molecule has 5 aromatic rings. The third-order valence-electron chi connectivity index (χ3n) is 7.94. The highest BCUT2D eigenvalue weighted by atomic mass is 16.7. The zero-order valence-electron chi connectivity index (χ0n) is 23.1. The molecule has 1 fully saturated rings. The molecule has 210 valence electrons. The number of aryl methyl sites for hydroxylation is 1. The maximum atomic E-state index is 11.5. The number of carbonyl (C=O) groups is 1. The number of unbranched alkanes of at least 4 members (excludes halogenated alkanes) is 1. The minimum Gasteiger partial charge on any atom is -0.493 e. The number of aromatic amines is 1. The van der Waals surface area contributed by atoms with Crippen molar-refractivity contribution in [3.63, 3.8) is 0 Å². The average Bonchev–Trinajstić information content (AvgIpc) is 3.34. The van der Waals surface area contributed by atoms with Gasteiger partial charge in [-0.1, -0.05) is 73.2 Å². The van der Waals surface area contributed by atoms with Gasteiger partial charge in [-0.25, -0.2) is 4.79 Å². The predicted octanol–water partition coefficient (Wildman–Crippen LogP) is 9.16. The second kappa shape index (κ2) is 12.4. The topological polar surface area (TPSA) is 80.8 Å². The Bertz CT molecular complexity index is 1630. The number of H-pyrrole nitrogens is 1. The van der Waals surface area contributed by atoms with Crippen LogP contribution in [0.4, 0.5) is 4.79 Å². The van der Waals surface area contributed by atoms with Gasteiger partial charge in [-0.2, -0.15) is 0 Å². The maximum Gasteiger partial charge on any atom is 0.512 e. The first kappa shape index (κ1) is 26.8. The van der Waals surface area contributed by atoms with Crippen molar-refractivity contribution in [1.82, 2.24) is 4.98 Å². The van der Waals surface area contributed by atoms with E-state index in [9.17, 15) is 9.90 Å². The molecular formula is C35H35NO5. The Hall–Kier alpha value is -4.45. The van der Waals surface area contributed by atoms with E-state index in [0.717, 1.165) is 75.5 Å². The van der Waals surface area contributed by atoms with Crippen molar-refractivity contribution >= 4 is 27.8 Å². The molecule has 6 rings (SSSR count). The third-order valence-corrected chi connectivity index (χ3v) is 7.94. The number of hydrogen-bond donors (Lipinski definition) is 2. The van der Waals surface area contributed by atoms with Gasteiger partial charge in [-0.05, 0) is 74.1 Å². The normalized spacial score (nSPS) is 13.9. The molecule has 1 heterocycles. The molecule has 0 atom stereocenters. The molecule has 0 saturated heterocycles. The number of fused-ring (bicyclic) bond motifs is 2. The summed E-state index contributed by atoms with van der Waals surface area (Å²) in [6.07, 6.45) is 7.29. The molecule has 41 heavy (non-hydrogen) atoms. The van der Waals surface area contributed by atoms with E-state index in [1.807, 2.05) is 54.6 Å². The number of para-hydroxylation sites is 1. The van der Waals surface area contributed by atoms with Crippen LogP contribution in [-0.2, 0) is 6.42 Å². The van der Waals surface area contributed by atoms with Gasteiger partial charge in [-0.15, -0.1) is 0 Å². The summed E-state index contributed by atoms with van der Waals surface area (Å²) in [6, 6.07) is 28.5. The SMILES string of the molecule is O=C(O)Oc1[nH]c2c(-c3ccc(OC4CCCCC4)cc3)cccc2c1CCCCOc1cccc2ccccc12. The van der Waals surface area contributed by atoms with E-state index in [0.29, 0.717) is 19.1 Å². The van der Waals surface area contributed by atoms with Gasteiger partial charge >= 0.3 is 6.16 Å². The lowest BCUT2D eigenvalue weighted by Crippen LogP contribution is -2.19. The first-order valence-electron chi connectivity index (χ1n) is 14.6. The molecule has 0 spiro atoms. The van der Waals surface area contributed by atoms with Gasteiger partial charge < -0.3 is 24.3 Å². The molecule has 0 unspecified atom stereocenters. The number of hydrogen-bond acceptors (Lipinski definition) is 4. The summed E-state index contributed by atoms with van der Waals surface area (Å²) < 4.78 is 17.5. The summed E-state index contributed by atoms with van der Waals surface area (Å²) in [5.41, 5.74) is 3.76. The van der Waals surface area contributed by atoms with E-state index < -0.39 is 6.16 Å². The van der Waals surface area contributed by atoms with Crippen LogP contribution in [0.1, 0.15) is 50.5 Å². The molecule has 1 aromatic heterocycles. The number of carboxylic acid groups (broad SMARTS) is 1. The van der Waals surface area contributed by atoms with Crippen LogP contribution in [-0.4, -0.2) is 29.0 Å². The lowest BCUT2D eigenvalue weighted by atomic mass is 9.97. The molecule has 1 saturated carbocycles. The fourth-order valence-electron chi connectivity index (χ4n) is 5.91. The Morgan fingerprint density at radius 2 is 1.59 bits per heavy atom. The van der Waals surface area contributed by atoms with E-state index >= 15 is 0 Å². The Balaban J connectivity index is 1.16. The highest BCUT2D eigenvalue weighted by Crippen LogP contribution is 2.37. The predicted molar refractivity (Wildman–Crippen MR) is 162 cm³/mol. The van der Waals surface area contributed by atoms with Gasteiger partial charge in [0.25, 0.3) is 0 Å². The molecule has 0 radical (unpaired) electrons. The Kier molecular flexibility index (Phi) is 8.08. The number of nitrogens with one attached hydrogen (secondary N) is 1. The van der Waals surface area contributed by atoms with Crippen molar-refractivity contribution in [3.8, 4) is 28.5 Å². The van der Waals surface area contributed by atoms with E-state index in [1.54, 1.807) is 0 Å². The molecule has 0 bridgehead atoms. The first-order valence-corrected chi connectivity index (χ1v) is 14.6. The maximum absolute atomic E-state index is 11.5. The van der Waals surface area contributed by atoms with Gasteiger partial charge in [0.15, 0.2) is 0 Å². The third kappa shape index (κ3) is 6.17. The standard InChI is InChI=1S/C35H35NO5/c37-35(38)41-34-31(15-6-7-23-39-32-18-8-11-24-10-4-5-14-28(24)32)30-17-9-16-29(33(30)36-34)25-19-21-27(22-20-25)40-26-12-2-1-3-13-26/h4-5,8-11,14,16-22,26,36H,1-3,6-7,12-13,15,23H2,(H,37,38). The molecular weight excluding hydrogens is 514 g/mol. The second-order valence-electron chi connectivity index (χ2n) is 10.7. The minimum absolute atomic E-state index is 0.284. The van der Waals surface area contributed by atoms with E-state index in [-0.39, 0.29) is 5.88 Å². The second-order valence-corrected chi connectivity index (χ2v) is 10.7. The van der Waals surface area contributed by atoms with Crippen LogP contribution in [0, 0.1) is 0 Å². The molecule has 0 aliphatic heterocycles. The summed E-state index contributed by atoms with van der Waals surface area (Å²) in [6.45, 7) is 0.575. The van der Waals surface area contributed by atoms with Crippen molar-refractivity contribution in [2.45, 2.75) is 57.5 Å². The number of aromatic nitrogens is 1. The first-order chi connectivity index (χ1) is 20.2. The molecule has 2 N–H and O–H groups in total. The summed E-state index contributed by atoms with van der Waals surface area (Å²) >= 11 is 0. The number of rotatable bonds is 10. The Morgan fingerprint density at radius 1 is 0.829 bits per heavy atom. The molecule has 1 aliphatic carbocycles. The van der Waals surface area contributed by atoms with Crippen LogP contribution < -0.4 is 14.2 Å². The van der Waals surface area contributed by atoms with Crippen LogP contribution in [0.5, 0.6) is 17.4 Å². The van der Waals surface area contributed by atoms with Gasteiger partial charge in [0.2, 0.25) is 5.88 Å². The summed E-state index contributed by atoms with van der Waals surface area (Å²) in [7, 11) is 0. The van der Waals surface area contributed by atoms with Crippen LogP contribution >= 0.6 is 0 Å². The minimum atomic E-state index is -1.33. The van der Waals surface area contributed by atoms with Crippen LogP contribution in [0.25, 0.3) is 32.8 Å². The largest absolute Gasteiger partial charge is 0.512 e. The van der Waals surface area contributed by atoms with E-state index in [2.05, 4.69) is 35.3 Å². The fraction of sp³-hybridized carbons (Fsp3) is 0.286. The van der Waals surface area contributed by atoms with E-state index in [4.69, 9.17) is 14.2 Å². The smallest absolute Gasteiger partial charge is 0.493 e. The Labute approximate surface area is 239 Å². The highest BCUT2D eigenvalue weighted by Gasteiger charge is 2.19. The molecule has 6 nitrogen and oxygen atoms in total. The van der Waals surface area contributed by atoms with Gasteiger partial charge in [0.1, 0.15) is 11.5 Å². The lowest BCUT2D eigenvalue weighted by Gasteiger charge is -2.23. The zero-order valence-corrected chi connectivity index (χ0v) is 23.1. The van der Waals surface area contributed by atoms with Crippen LogP contribution in [0.3, 0.4) is 0 Å². The summed E-state index contributed by atoms with van der Waals surface area (Å²) in [4.78, 5) is 14.8. The molecule has 1 aliphatic rings. The van der Waals surface area contributed by atoms with Crippen LogP contribution in [0.15, 0.2) is 84.9 Å². The van der Waals surface area contributed by atoms with Crippen molar-refractivity contribution in [2.24, 2.45) is 0 Å². The molecule has 6 heteroatoms. The Morgan fingerprint density at radius 3 is 2.41 bits per heavy atom. The van der Waals surface area contributed by atoms with E-state index in [1.165, 1.54) is 19.3 Å². The van der Waals surface area contributed by atoms with Crippen molar-refractivity contribution in [3.05, 3.63) is 90.5 Å². The average molecular weight is 550 g/mol. The van der Waals surface area contributed by atoms with Gasteiger partial charge in [-0.3, -0.25) is 0 Å². The molecule has 0 amide bonds. The van der Waals surface area contributed by atoms with Crippen molar-refractivity contribution in [2.75, 3.05) is 6.61 Å². The summed E-state index contributed by atoms with van der Waals surface area (Å²) in [5, 5.41) is 12.6. The van der Waals surface area contributed by atoms with Crippen LogP contribution in [0.2, 0.25) is 0 Å². The monoisotopic (exact) mass is 549 g/mol. The number of ether oxygens (including phenoxy) is 3. The summed E-state index contributed by atoms with van der Waals surface area (Å²) in [5.74, 6) is 2.05. The quantitative estimate of drug-likeness (QED) is 0.134. The molecule has 4 aromatic carbocycles. The van der Waals surface area contributed by atoms with Gasteiger partial charge in [0.05, 0.1) is 18.2 Å². The lowest BCUT2D eigenvalue weighted by molar-refractivity contribution is 0.142. The number of benzene rings is 4. The highest BCUT2D eigenvalue weighted by molar-refractivity contribution is 5.98. The zero-order chi connectivity index (χ0) is 28.0. The van der Waals surface area contributed by atoms with Crippen molar-refractivity contribution in [1.29, 1.82) is 0 Å². The van der Waals surface area contributed by atoms with Gasteiger partial charge in [0, 0.05) is 21.9 Å². The van der Waals surface area contributed by atoms with Crippen molar-refractivity contribution < 1.29 is 24.1 Å².